The van der Waals surface area contributed by atoms with Crippen LogP contribution in [0.2, 0.25) is 0 Å². The molecule has 15 heteroatoms. The first kappa shape index (κ1) is 24.9. The van der Waals surface area contributed by atoms with Crippen LogP contribution >= 0.6 is 0 Å². The molecule has 1 aliphatic rings. The van der Waals surface area contributed by atoms with E-state index in [1.165, 1.54) is 0 Å². The van der Waals surface area contributed by atoms with Crippen molar-refractivity contribution in [1.29, 1.82) is 0 Å². The Kier molecular flexibility index (Phi) is 6.01. The predicted molar refractivity (Wildman–Crippen MR) is 99.8 cm³/mol. The number of hydrogen-bond donors (Lipinski definition) is 1. The lowest BCUT2D eigenvalue weighted by Crippen LogP contribution is -2.38. The Hall–Kier alpha value is -2.71. The van der Waals surface area contributed by atoms with E-state index >= 15 is 0 Å². The molecule has 1 N–H and O–H groups in total. The number of pyridine rings is 1. The van der Waals surface area contributed by atoms with Crippen LogP contribution in [0.4, 0.5) is 36.4 Å². The van der Waals surface area contributed by atoms with E-state index in [-0.39, 0.29) is 12.6 Å². The summed E-state index contributed by atoms with van der Waals surface area (Å²) in [6.45, 7) is -0.461. The first-order chi connectivity index (χ1) is 14.9. The normalized spacial score (nSPS) is 17.0. The molecule has 0 saturated heterocycles. The number of alkyl halides is 7. The molecule has 0 aromatic carbocycles. The van der Waals surface area contributed by atoms with Crippen LogP contribution in [0, 0.1) is 5.92 Å². The summed E-state index contributed by atoms with van der Waals surface area (Å²) in [4.78, 5) is 16.4. The van der Waals surface area contributed by atoms with Crippen molar-refractivity contribution < 1.29 is 43.9 Å². The van der Waals surface area contributed by atoms with Crippen molar-refractivity contribution in [2.75, 3.05) is 11.6 Å². The van der Waals surface area contributed by atoms with Gasteiger partial charge in [-0.05, 0) is 18.1 Å². The maximum Gasteiger partial charge on any atom is 0.420 e. The minimum atomic E-state index is -5.43. The number of nitrogens with one attached hydrogen (secondary N) is 1. The Bertz CT molecular complexity index is 1180. The van der Waals surface area contributed by atoms with Gasteiger partial charge in [0, 0.05) is 44.5 Å². The average molecular weight is 502 g/mol. The van der Waals surface area contributed by atoms with Crippen LogP contribution in [0.25, 0.3) is 0 Å². The van der Waals surface area contributed by atoms with Gasteiger partial charge in [-0.15, -0.1) is 0 Å². The van der Waals surface area contributed by atoms with Crippen LogP contribution in [-0.4, -0.2) is 41.3 Å². The number of rotatable bonds is 6. The van der Waals surface area contributed by atoms with Gasteiger partial charge < -0.3 is 5.32 Å². The first-order valence-corrected chi connectivity index (χ1v) is 11.2. The van der Waals surface area contributed by atoms with Gasteiger partial charge in [0.05, 0.1) is 0 Å². The molecular weight excluding hydrogens is 485 g/mol. The number of halogens is 7. The van der Waals surface area contributed by atoms with Gasteiger partial charge in [0.15, 0.2) is 14.9 Å². The van der Waals surface area contributed by atoms with E-state index < -0.39 is 81.0 Å². The van der Waals surface area contributed by atoms with Gasteiger partial charge in [0.25, 0.3) is 11.8 Å². The summed E-state index contributed by atoms with van der Waals surface area (Å²) in [5.74, 6) is -9.55. The fourth-order valence-electron chi connectivity index (χ4n) is 3.44. The number of nitrogens with zero attached hydrogens (tertiary/aromatic N) is 3. The molecule has 0 unspecified atom stereocenters. The van der Waals surface area contributed by atoms with E-state index in [1.54, 1.807) is 0 Å². The molecule has 1 aliphatic carbocycles. The lowest BCUT2D eigenvalue weighted by molar-refractivity contribution is -0.142. The minimum Gasteiger partial charge on any atom is -0.320 e. The van der Waals surface area contributed by atoms with Crippen LogP contribution < -0.4 is 5.32 Å². The third kappa shape index (κ3) is 5.45. The number of hydrogen-bond acceptors (Lipinski definition) is 5. The van der Waals surface area contributed by atoms with Gasteiger partial charge in [-0.2, -0.15) is 27.1 Å². The summed E-state index contributed by atoms with van der Waals surface area (Å²) in [5, 5.41) is 4.79. The number of amides is 1. The zero-order chi connectivity index (χ0) is 25.0. The van der Waals surface area contributed by atoms with Crippen LogP contribution in [0.1, 0.15) is 41.5 Å². The topological polar surface area (TPSA) is 93.9 Å². The third-order valence-corrected chi connectivity index (χ3v) is 5.83. The molecule has 0 bridgehead atoms. The van der Waals surface area contributed by atoms with Crippen LogP contribution in [-0.2, 0) is 28.5 Å². The summed E-state index contributed by atoms with van der Waals surface area (Å²) in [7, 11) is -3.83. The summed E-state index contributed by atoms with van der Waals surface area (Å²) in [6.07, 6.45) is -5.05. The largest absolute Gasteiger partial charge is 0.420 e. The Morgan fingerprint density at radius 2 is 1.85 bits per heavy atom. The Balaban J connectivity index is 2.08. The standard InChI is InChI=1S/C18H17F7N4O3S/c1-16(19,20)14-12(18(23,24)25)13(29(28-14)8-9-6-17(21,22)7-9)15(30)27-10-3-4-26-11(5-10)33(2,31)32/h3-5,9H,6-8H2,1-2H3,(H,26,27,30). The molecule has 0 spiro atoms. The van der Waals surface area contributed by atoms with Gasteiger partial charge in [0.2, 0.25) is 5.92 Å². The molecule has 1 amide bonds. The van der Waals surface area contributed by atoms with E-state index in [1.807, 2.05) is 5.32 Å². The van der Waals surface area contributed by atoms with Gasteiger partial charge in [-0.1, -0.05) is 0 Å². The zero-order valence-electron chi connectivity index (χ0n) is 17.1. The highest BCUT2D eigenvalue weighted by molar-refractivity contribution is 7.90. The quantitative estimate of drug-likeness (QED) is 0.601. The van der Waals surface area contributed by atoms with Crippen LogP contribution in [0.5, 0.6) is 0 Å². The average Bonchev–Trinajstić information content (AvgIpc) is 3.00. The molecule has 1 saturated carbocycles. The fourth-order valence-corrected chi connectivity index (χ4v) is 4.03. The maximum absolute atomic E-state index is 14.0. The minimum absolute atomic E-state index is 0.162. The van der Waals surface area contributed by atoms with Gasteiger partial charge in [-0.3, -0.25) is 9.48 Å². The van der Waals surface area contributed by atoms with Crippen molar-refractivity contribution in [1.82, 2.24) is 14.8 Å². The highest BCUT2D eigenvalue weighted by Crippen LogP contribution is 2.45. The third-order valence-electron chi connectivity index (χ3n) is 4.85. The smallest absolute Gasteiger partial charge is 0.320 e. The SMILES string of the molecule is CC(F)(F)c1nn(CC2CC(F)(F)C2)c(C(=O)Nc2ccnc(S(C)(=O)=O)c2)c1C(F)(F)F. The second-order valence-corrected chi connectivity index (χ2v) is 9.84. The molecule has 0 atom stereocenters. The van der Waals surface area contributed by atoms with Crippen molar-refractivity contribution >= 4 is 21.4 Å². The van der Waals surface area contributed by atoms with Crippen LogP contribution in [0.15, 0.2) is 23.4 Å². The van der Waals surface area contributed by atoms with Crippen molar-refractivity contribution in [3.05, 3.63) is 35.3 Å². The summed E-state index contributed by atoms with van der Waals surface area (Å²) in [5.41, 5.74) is -5.31. The predicted octanol–water partition coefficient (Wildman–Crippen LogP) is 4.11. The van der Waals surface area contributed by atoms with Crippen molar-refractivity contribution in [2.24, 2.45) is 5.92 Å². The maximum atomic E-state index is 14.0. The molecule has 2 aromatic rings. The van der Waals surface area contributed by atoms with E-state index in [0.29, 0.717) is 4.68 Å². The molecule has 1 fully saturated rings. The highest BCUT2D eigenvalue weighted by atomic mass is 32.2. The highest BCUT2D eigenvalue weighted by Gasteiger charge is 2.50. The number of aromatic nitrogens is 3. The van der Waals surface area contributed by atoms with Gasteiger partial charge in [-0.25, -0.2) is 22.2 Å². The molecule has 7 nitrogen and oxygen atoms in total. The van der Waals surface area contributed by atoms with E-state index in [0.717, 1.165) is 24.6 Å². The zero-order valence-corrected chi connectivity index (χ0v) is 17.9. The van der Waals surface area contributed by atoms with Crippen molar-refractivity contribution in [2.45, 2.75) is 49.4 Å². The first-order valence-electron chi connectivity index (χ1n) is 9.30. The van der Waals surface area contributed by atoms with E-state index in [4.69, 9.17) is 0 Å². The number of carbonyl (C=O) groups excluding carboxylic acids is 1. The van der Waals surface area contributed by atoms with Gasteiger partial charge >= 0.3 is 6.18 Å². The number of anilines is 1. The summed E-state index contributed by atoms with van der Waals surface area (Å²) >= 11 is 0. The Morgan fingerprint density at radius 3 is 2.33 bits per heavy atom. The molecule has 2 aromatic heterocycles. The molecule has 3 rings (SSSR count). The Morgan fingerprint density at radius 1 is 1.24 bits per heavy atom. The van der Waals surface area contributed by atoms with Crippen molar-refractivity contribution in [3.8, 4) is 0 Å². The lowest BCUT2D eigenvalue weighted by atomic mass is 9.81. The summed E-state index contributed by atoms with van der Waals surface area (Å²) in [6, 6.07) is 1.94. The number of sulfone groups is 1. The molecule has 33 heavy (non-hydrogen) atoms. The second-order valence-electron chi connectivity index (χ2n) is 7.88. The van der Waals surface area contributed by atoms with E-state index in [9.17, 15) is 43.9 Å². The van der Waals surface area contributed by atoms with Crippen LogP contribution in [0.3, 0.4) is 0 Å². The molecule has 2 heterocycles. The summed E-state index contributed by atoms with van der Waals surface area (Å²) < 4.78 is 119. The molecule has 0 aliphatic heterocycles. The molecule has 182 valence electrons. The molecular formula is C18H17F7N4O3S. The van der Waals surface area contributed by atoms with Gasteiger partial charge in [0.1, 0.15) is 17.0 Å². The second kappa shape index (κ2) is 7.95. The fraction of sp³-hybridized carbons (Fsp3) is 0.500. The van der Waals surface area contributed by atoms with Crippen molar-refractivity contribution in [3.63, 3.8) is 0 Å². The molecule has 0 radical (unpaired) electrons. The van der Waals surface area contributed by atoms with E-state index in [2.05, 4.69) is 10.1 Å². The number of carbonyl (C=O) groups is 1. The lowest BCUT2D eigenvalue weighted by Gasteiger charge is -2.35. The monoisotopic (exact) mass is 502 g/mol. The Labute approximate surface area is 182 Å².